The van der Waals surface area contributed by atoms with Crippen molar-refractivity contribution in [1.29, 1.82) is 0 Å². The number of rotatable bonds is 6. The maximum absolute atomic E-state index is 13.7. The van der Waals surface area contributed by atoms with Crippen molar-refractivity contribution in [2.45, 2.75) is 20.0 Å². The summed E-state index contributed by atoms with van der Waals surface area (Å²) in [5.74, 6) is -1.57. The molecular formula is C24H20F3N5O4. The number of benzene rings is 2. The Bertz CT molecular complexity index is 1470. The number of esters is 1. The number of amides is 1. The summed E-state index contributed by atoms with van der Waals surface area (Å²) in [6, 6.07) is 11.8. The number of halogens is 3. The highest BCUT2D eigenvalue weighted by atomic mass is 19.4. The zero-order chi connectivity index (χ0) is 26.0. The molecule has 36 heavy (non-hydrogen) atoms. The zero-order valence-corrected chi connectivity index (χ0v) is 19.1. The molecule has 2 aromatic heterocycles. The van der Waals surface area contributed by atoms with E-state index in [1.54, 1.807) is 37.4 Å². The molecule has 0 saturated heterocycles. The third-order valence-corrected chi connectivity index (χ3v) is 5.25. The summed E-state index contributed by atoms with van der Waals surface area (Å²) in [5, 5.41) is 6.38. The Morgan fingerprint density at radius 3 is 2.25 bits per heavy atom. The van der Waals surface area contributed by atoms with Crippen LogP contribution in [0, 0.1) is 6.92 Å². The minimum atomic E-state index is -4.86. The van der Waals surface area contributed by atoms with Gasteiger partial charge in [-0.05, 0) is 62.4 Å². The summed E-state index contributed by atoms with van der Waals surface area (Å²) in [7, 11) is 0. The van der Waals surface area contributed by atoms with Gasteiger partial charge in [0.15, 0.2) is 5.69 Å². The lowest BCUT2D eigenvalue weighted by Gasteiger charge is -2.13. The number of nitrogens with one attached hydrogen (secondary N) is 2. The van der Waals surface area contributed by atoms with Crippen LogP contribution in [0.2, 0.25) is 0 Å². The Balaban J connectivity index is 1.53. The number of carbonyl (C=O) groups is 2. The highest BCUT2D eigenvalue weighted by molar-refractivity contribution is 6.04. The number of ether oxygens (including phenoxy) is 1. The average Bonchev–Trinajstić information content (AvgIpc) is 3.43. The van der Waals surface area contributed by atoms with E-state index in [1.807, 2.05) is 0 Å². The van der Waals surface area contributed by atoms with Crippen molar-refractivity contribution in [3.05, 3.63) is 93.9 Å². The van der Waals surface area contributed by atoms with Gasteiger partial charge in [-0.15, -0.1) is 0 Å². The molecular weight excluding hydrogens is 479 g/mol. The van der Waals surface area contributed by atoms with E-state index < -0.39 is 29.3 Å². The number of nitrogens with zero attached hydrogens (tertiary/aromatic N) is 3. The molecule has 0 unspecified atom stereocenters. The number of carbonyl (C=O) groups excluding carboxylic acids is 2. The van der Waals surface area contributed by atoms with Crippen LogP contribution in [-0.2, 0) is 10.9 Å². The smallest absolute Gasteiger partial charge is 0.434 e. The molecule has 2 N–H and O–H groups in total. The van der Waals surface area contributed by atoms with Gasteiger partial charge >= 0.3 is 17.8 Å². The third-order valence-electron chi connectivity index (χ3n) is 5.25. The monoisotopic (exact) mass is 499 g/mol. The van der Waals surface area contributed by atoms with Crippen LogP contribution >= 0.6 is 0 Å². The molecule has 0 spiro atoms. The first-order chi connectivity index (χ1) is 17.1. The van der Waals surface area contributed by atoms with Gasteiger partial charge in [-0.2, -0.15) is 18.3 Å². The lowest BCUT2D eigenvalue weighted by molar-refractivity contribution is -0.143. The van der Waals surface area contributed by atoms with Crippen molar-refractivity contribution >= 4 is 17.6 Å². The van der Waals surface area contributed by atoms with Gasteiger partial charge in [-0.1, -0.05) is 0 Å². The molecule has 2 aromatic carbocycles. The van der Waals surface area contributed by atoms with Gasteiger partial charge in [-0.3, -0.25) is 9.36 Å². The second-order valence-electron chi connectivity index (χ2n) is 7.66. The van der Waals surface area contributed by atoms with Gasteiger partial charge in [0.25, 0.3) is 5.91 Å². The van der Waals surface area contributed by atoms with E-state index in [-0.39, 0.29) is 18.0 Å². The third kappa shape index (κ3) is 4.78. The normalized spacial score (nSPS) is 11.4. The van der Waals surface area contributed by atoms with Crippen molar-refractivity contribution in [2.75, 3.05) is 11.9 Å². The largest absolute Gasteiger partial charge is 0.462 e. The highest BCUT2D eigenvalue weighted by Crippen LogP contribution is 2.34. The number of imidazole rings is 1. The van der Waals surface area contributed by atoms with Crippen LogP contribution in [-0.4, -0.2) is 37.8 Å². The number of hydrogen-bond donors (Lipinski definition) is 2. The molecule has 0 aliphatic rings. The van der Waals surface area contributed by atoms with Gasteiger partial charge < -0.3 is 15.0 Å². The van der Waals surface area contributed by atoms with E-state index in [9.17, 15) is 27.6 Å². The minimum Gasteiger partial charge on any atom is -0.462 e. The predicted octanol–water partition coefficient (Wildman–Crippen LogP) is 4.11. The number of hydrogen-bond acceptors (Lipinski definition) is 5. The van der Waals surface area contributed by atoms with Gasteiger partial charge in [-0.25, -0.2) is 14.3 Å². The first-order valence-electron chi connectivity index (χ1n) is 10.7. The van der Waals surface area contributed by atoms with Gasteiger partial charge in [0, 0.05) is 23.1 Å². The number of H-pyrrole nitrogens is 1. The number of aromatic amines is 1. The van der Waals surface area contributed by atoms with E-state index in [1.165, 1.54) is 35.8 Å². The van der Waals surface area contributed by atoms with Crippen molar-refractivity contribution in [3.8, 4) is 11.4 Å². The molecule has 0 aliphatic heterocycles. The molecule has 0 radical (unpaired) electrons. The Morgan fingerprint density at radius 2 is 1.69 bits per heavy atom. The van der Waals surface area contributed by atoms with E-state index in [0.29, 0.717) is 27.3 Å². The Labute approximate surface area is 202 Å². The summed E-state index contributed by atoms with van der Waals surface area (Å²) in [6.45, 7) is 3.17. The van der Waals surface area contributed by atoms with Crippen LogP contribution in [0.15, 0.2) is 65.7 Å². The van der Waals surface area contributed by atoms with Crippen LogP contribution in [0.1, 0.15) is 39.0 Å². The average molecular weight is 499 g/mol. The van der Waals surface area contributed by atoms with E-state index in [2.05, 4.69) is 15.4 Å². The van der Waals surface area contributed by atoms with Crippen LogP contribution < -0.4 is 11.0 Å². The number of aryl methyl sites for hydroxylation is 1. The lowest BCUT2D eigenvalue weighted by Crippen LogP contribution is -2.18. The standard InChI is InChI=1S/C24H20F3N5O4/c1-3-36-22(34)19-13-29-32(20(19)24(25,26)27)18-10-6-16(7-11-18)30-21(33)15-4-8-17(9-5-15)31-14(2)12-28-23(31)35/h4-13H,3H2,1-2H3,(H,28,35)(H,30,33). The lowest BCUT2D eigenvalue weighted by atomic mass is 10.1. The number of alkyl halides is 3. The fourth-order valence-corrected chi connectivity index (χ4v) is 3.60. The van der Waals surface area contributed by atoms with Crippen LogP contribution in [0.25, 0.3) is 11.4 Å². The Kier molecular flexibility index (Phi) is 6.51. The molecule has 4 rings (SSSR count). The van der Waals surface area contributed by atoms with Crippen LogP contribution in [0.4, 0.5) is 18.9 Å². The summed E-state index contributed by atoms with van der Waals surface area (Å²) in [5.41, 5.74) is -0.278. The maximum atomic E-state index is 13.7. The van der Waals surface area contributed by atoms with E-state index in [4.69, 9.17) is 4.74 Å². The molecule has 1 amide bonds. The number of anilines is 1. The molecule has 0 fully saturated rings. The predicted molar refractivity (Wildman–Crippen MR) is 124 cm³/mol. The molecule has 0 aliphatic carbocycles. The Hall–Kier alpha value is -4.61. The molecule has 186 valence electrons. The second kappa shape index (κ2) is 9.56. The molecule has 0 saturated carbocycles. The fraction of sp³-hybridized carbons (Fsp3) is 0.167. The van der Waals surface area contributed by atoms with E-state index >= 15 is 0 Å². The summed E-state index contributed by atoms with van der Waals surface area (Å²) in [6.07, 6.45) is -2.48. The maximum Gasteiger partial charge on any atom is 0.434 e. The second-order valence-corrected chi connectivity index (χ2v) is 7.66. The van der Waals surface area contributed by atoms with Crippen LogP contribution in [0.3, 0.4) is 0 Å². The zero-order valence-electron chi connectivity index (χ0n) is 19.1. The molecule has 2 heterocycles. The molecule has 0 atom stereocenters. The summed E-state index contributed by atoms with van der Waals surface area (Å²) < 4.78 is 47.8. The van der Waals surface area contributed by atoms with Gasteiger partial charge in [0.1, 0.15) is 5.56 Å². The summed E-state index contributed by atoms with van der Waals surface area (Å²) in [4.78, 5) is 39.1. The molecule has 4 aromatic rings. The fourth-order valence-electron chi connectivity index (χ4n) is 3.60. The first kappa shape index (κ1) is 24.5. The highest BCUT2D eigenvalue weighted by Gasteiger charge is 2.41. The van der Waals surface area contributed by atoms with Crippen molar-refractivity contribution in [2.24, 2.45) is 0 Å². The SMILES string of the molecule is CCOC(=O)c1cnn(-c2ccc(NC(=O)c3ccc(-n4c(C)c[nH]c4=O)cc3)cc2)c1C(F)(F)F. The van der Waals surface area contributed by atoms with Crippen molar-refractivity contribution in [1.82, 2.24) is 19.3 Å². The molecule has 12 heteroatoms. The van der Waals surface area contributed by atoms with Gasteiger partial charge in [0.05, 0.1) is 24.2 Å². The van der Waals surface area contributed by atoms with Crippen molar-refractivity contribution < 1.29 is 27.5 Å². The quantitative estimate of drug-likeness (QED) is 0.388. The number of aromatic nitrogens is 4. The van der Waals surface area contributed by atoms with Gasteiger partial charge in [0.2, 0.25) is 0 Å². The summed E-state index contributed by atoms with van der Waals surface area (Å²) >= 11 is 0. The van der Waals surface area contributed by atoms with E-state index in [0.717, 1.165) is 6.20 Å². The van der Waals surface area contributed by atoms with Crippen molar-refractivity contribution in [3.63, 3.8) is 0 Å². The first-order valence-corrected chi connectivity index (χ1v) is 10.7. The Morgan fingerprint density at radius 1 is 1.06 bits per heavy atom. The molecule has 9 nitrogen and oxygen atoms in total. The molecule has 0 bridgehead atoms. The van der Waals surface area contributed by atoms with Crippen LogP contribution in [0.5, 0.6) is 0 Å². The minimum absolute atomic E-state index is 0.0348. The topological polar surface area (TPSA) is 111 Å².